The highest BCUT2D eigenvalue weighted by Crippen LogP contribution is 2.08. The van der Waals surface area contributed by atoms with Crippen molar-refractivity contribution in [2.24, 2.45) is 0 Å². The first kappa shape index (κ1) is 18.4. The fourth-order valence-corrected chi connectivity index (χ4v) is 1.79. The van der Waals surface area contributed by atoms with Gasteiger partial charge in [-0.25, -0.2) is 4.79 Å². The van der Waals surface area contributed by atoms with E-state index in [0.29, 0.717) is 0 Å². The average molecular weight is 276 g/mol. The number of unbranched alkanes of at least 4 members (excludes halogenated alkanes) is 7. The largest absolute Gasteiger partial charge is 0.478 e. The van der Waals surface area contributed by atoms with Crippen LogP contribution in [0.4, 0.5) is 0 Å². The first-order valence-corrected chi connectivity index (χ1v) is 7.67. The predicted molar refractivity (Wildman–Crippen MR) is 86.8 cm³/mol. The zero-order valence-corrected chi connectivity index (χ0v) is 12.6. The Kier molecular flexibility index (Phi) is 14.3. The second-order valence-corrected chi connectivity index (χ2v) is 4.81. The van der Waals surface area contributed by atoms with Crippen LogP contribution in [0.15, 0.2) is 48.6 Å². The highest BCUT2D eigenvalue weighted by molar-refractivity contribution is 5.80. The van der Waals surface area contributed by atoms with Gasteiger partial charge in [0, 0.05) is 6.08 Å². The number of aliphatic carboxylic acids is 1. The summed E-state index contributed by atoms with van der Waals surface area (Å²) in [5.41, 5.74) is 0. The van der Waals surface area contributed by atoms with Gasteiger partial charge in [0.05, 0.1) is 0 Å². The third-order valence-corrected chi connectivity index (χ3v) is 2.90. The maximum Gasteiger partial charge on any atom is 0.328 e. The molecule has 0 saturated heterocycles. The summed E-state index contributed by atoms with van der Waals surface area (Å²) in [6.07, 6.45) is 24.8. The summed E-state index contributed by atoms with van der Waals surface area (Å²) < 4.78 is 0. The molecule has 0 aliphatic carbocycles. The van der Waals surface area contributed by atoms with Crippen LogP contribution in [0.25, 0.3) is 0 Å². The molecule has 0 aromatic heterocycles. The maximum absolute atomic E-state index is 10.2. The van der Waals surface area contributed by atoms with Crippen molar-refractivity contribution in [3.63, 3.8) is 0 Å². The van der Waals surface area contributed by atoms with Crippen LogP contribution in [0.5, 0.6) is 0 Å². The zero-order chi connectivity index (χ0) is 14.9. The molecule has 0 saturated carbocycles. The Morgan fingerprint density at radius 2 is 1.35 bits per heavy atom. The van der Waals surface area contributed by atoms with Crippen LogP contribution in [-0.4, -0.2) is 11.1 Å². The van der Waals surface area contributed by atoms with Gasteiger partial charge < -0.3 is 5.11 Å². The second-order valence-electron chi connectivity index (χ2n) is 4.81. The lowest BCUT2D eigenvalue weighted by Gasteiger charge is -1.98. The summed E-state index contributed by atoms with van der Waals surface area (Å²) in [4.78, 5) is 10.2. The number of hydrogen-bond donors (Lipinski definition) is 1. The molecule has 2 nitrogen and oxygen atoms in total. The van der Waals surface area contributed by atoms with Gasteiger partial charge in [-0.3, -0.25) is 0 Å². The molecule has 0 aliphatic heterocycles. The molecular formula is C18H28O2. The molecule has 0 atom stereocenters. The first-order valence-electron chi connectivity index (χ1n) is 7.67. The number of carbonyl (C=O) groups is 1. The molecule has 0 aliphatic rings. The van der Waals surface area contributed by atoms with E-state index in [-0.39, 0.29) is 0 Å². The van der Waals surface area contributed by atoms with Gasteiger partial charge in [0.15, 0.2) is 0 Å². The van der Waals surface area contributed by atoms with Gasteiger partial charge in [-0.15, -0.1) is 0 Å². The van der Waals surface area contributed by atoms with E-state index in [9.17, 15) is 4.79 Å². The summed E-state index contributed by atoms with van der Waals surface area (Å²) in [6.45, 7) is 2.25. The first-order chi connectivity index (χ1) is 9.77. The van der Waals surface area contributed by atoms with E-state index in [4.69, 9.17) is 5.11 Å². The lowest BCUT2D eigenvalue weighted by molar-refractivity contribution is -0.131. The number of hydrogen-bond acceptors (Lipinski definition) is 1. The van der Waals surface area contributed by atoms with Crippen molar-refractivity contribution in [3.05, 3.63) is 48.6 Å². The molecule has 1 N–H and O–H groups in total. The molecule has 0 aromatic carbocycles. The smallest absolute Gasteiger partial charge is 0.328 e. The molecule has 2 heteroatoms. The minimum absolute atomic E-state index is 0.923. The topological polar surface area (TPSA) is 37.3 Å². The molecule has 0 aromatic rings. The van der Waals surface area contributed by atoms with Crippen molar-refractivity contribution in [2.45, 2.75) is 58.3 Å². The van der Waals surface area contributed by atoms with E-state index in [0.717, 1.165) is 12.5 Å². The van der Waals surface area contributed by atoms with Crippen LogP contribution in [0.2, 0.25) is 0 Å². The predicted octanol–water partition coefficient (Wildman–Crippen LogP) is 5.44. The van der Waals surface area contributed by atoms with E-state index in [1.807, 2.05) is 24.3 Å². The van der Waals surface area contributed by atoms with Gasteiger partial charge in [0.2, 0.25) is 0 Å². The number of rotatable bonds is 12. The van der Waals surface area contributed by atoms with Crippen LogP contribution < -0.4 is 0 Å². The van der Waals surface area contributed by atoms with Gasteiger partial charge >= 0.3 is 5.97 Å². The highest BCUT2D eigenvalue weighted by Gasteiger charge is 1.88. The van der Waals surface area contributed by atoms with Crippen molar-refractivity contribution in [2.75, 3.05) is 0 Å². The van der Waals surface area contributed by atoms with Crippen molar-refractivity contribution in [3.8, 4) is 0 Å². The molecule has 0 amide bonds. The van der Waals surface area contributed by atoms with Crippen molar-refractivity contribution < 1.29 is 9.90 Å². The van der Waals surface area contributed by atoms with Crippen molar-refractivity contribution >= 4 is 5.97 Å². The molecular weight excluding hydrogens is 248 g/mol. The SMILES string of the molecule is CCCCCCCCC\C=C/C=C\C=C\C=C\C(=O)O. The standard InChI is InChI=1S/C18H28O2/c1-2-3-4-5-6-7-8-9-10-11-12-13-14-15-16-17-18(19)20/h10-17H,2-9H2,1H3,(H,19,20)/b11-10-,13-12-,15-14+,17-16+. The van der Waals surface area contributed by atoms with Crippen LogP contribution in [0, 0.1) is 0 Å². The molecule has 0 unspecified atom stereocenters. The third-order valence-electron chi connectivity index (χ3n) is 2.90. The Hall–Kier alpha value is -1.57. The summed E-state index contributed by atoms with van der Waals surface area (Å²) in [5.74, 6) is -0.923. The Morgan fingerprint density at radius 1 is 0.800 bits per heavy atom. The van der Waals surface area contributed by atoms with E-state index in [1.54, 1.807) is 6.08 Å². The molecule has 0 bridgehead atoms. The lowest BCUT2D eigenvalue weighted by Crippen LogP contribution is -1.84. The molecule has 0 fully saturated rings. The zero-order valence-electron chi connectivity index (χ0n) is 12.6. The molecule has 0 rings (SSSR count). The van der Waals surface area contributed by atoms with Crippen LogP contribution in [-0.2, 0) is 4.79 Å². The van der Waals surface area contributed by atoms with Crippen LogP contribution >= 0.6 is 0 Å². The summed E-state index contributed by atoms with van der Waals surface area (Å²) in [6, 6.07) is 0. The minimum Gasteiger partial charge on any atom is -0.478 e. The van der Waals surface area contributed by atoms with E-state index < -0.39 is 5.97 Å². The normalized spacial score (nSPS) is 12.4. The highest BCUT2D eigenvalue weighted by atomic mass is 16.4. The van der Waals surface area contributed by atoms with E-state index in [2.05, 4.69) is 13.0 Å². The van der Waals surface area contributed by atoms with Crippen LogP contribution in [0.3, 0.4) is 0 Å². The Labute approximate surface area is 123 Å². The molecule has 20 heavy (non-hydrogen) atoms. The minimum atomic E-state index is -0.923. The summed E-state index contributed by atoms with van der Waals surface area (Å²) >= 11 is 0. The van der Waals surface area contributed by atoms with Gasteiger partial charge in [0.25, 0.3) is 0 Å². The Balaban J connectivity index is 3.41. The molecule has 0 spiro atoms. The summed E-state index contributed by atoms with van der Waals surface area (Å²) in [7, 11) is 0. The van der Waals surface area contributed by atoms with Gasteiger partial charge in [-0.1, -0.05) is 88.0 Å². The van der Waals surface area contributed by atoms with E-state index in [1.165, 1.54) is 51.0 Å². The van der Waals surface area contributed by atoms with Gasteiger partial charge in [0.1, 0.15) is 0 Å². The number of carboxylic acid groups (broad SMARTS) is 1. The maximum atomic E-state index is 10.2. The molecule has 0 radical (unpaired) electrons. The van der Waals surface area contributed by atoms with Crippen molar-refractivity contribution in [1.29, 1.82) is 0 Å². The number of carboxylic acids is 1. The fourth-order valence-electron chi connectivity index (χ4n) is 1.79. The van der Waals surface area contributed by atoms with E-state index >= 15 is 0 Å². The Morgan fingerprint density at radius 3 is 2.00 bits per heavy atom. The van der Waals surface area contributed by atoms with Crippen LogP contribution in [0.1, 0.15) is 58.3 Å². The van der Waals surface area contributed by atoms with Crippen molar-refractivity contribution in [1.82, 2.24) is 0 Å². The Bertz CT molecular complexity index is 335. The quantitative estimate of drug-likeness (QED) is 0.293. The second kappa shape index (κ2) is 15.5. The summed E-state index contributed by atoms with van der Waals surface area (Å²) in [5, 5.41) is 8.37. The monoisotopic (exact) mass is 276 g/mol. The molecule has 0 heterocycles. The fraction of sp³-hybridized carbons (Fsp3) is 0.500. The number of allylic oxidation sites excluding steroid dienone is 7. The lowest BCUT2D eigenvalue weighted by atomic mass is 10.1. The molecule has 112 valence electrons. The van der Waals surface area contributed by atoms with Gasteiger partial charge in [-0.05, 0) is 12.8 Å². The van der Waals surface area contributed by atoms with Gasteiger partial charge in [-0.2, -0.15) is 0 Å². The average Bonchev–Trinajstić information content (AvgIpc) is 2.43. The third kappa shape index (κ3) is 16.4.